The number of carbonyl (C=O) groups is 4. The summed E-state index contributed by atoms with van der Waals surface area (Å²) in [5.41, 5.74) is -0.310. The van der Waals surface area contributed by atoms with Gasteiger partial charge in [-0.05, 0) is 57.2 Å². The molecule has 3 rings (SSSR count). The van der Waals surface area contributed by atoms with Crippen molar-refractivity contribution in [2.75, 3.05) is 5.32 Å². The van der Waals surface area contributed by atoms with Crippen LogP contribution in [0.4, 0.5) is 5.69 Å². The Kier molecular flexibility index (Phi) is 4.72. The van der Waals surface area contributed by atoms with Crippen LogP contribution >= 0.6 is 11.6 Å². The fraction of sp³-hybridized carbons (Fsp3) is 0.200. The number of hydrogen-bond acceptors (Lipinski definition) is 4. The van der Waals surface area contributed by atoms with Crippen LogP contribution in [0.1, 0.15) is 62.2 Å². The summed E-state index contributed by atoms with van der Waals surface area (Å²) in [6, 6.07) is 8.19. The maximum absolute atomic E-state index is 12.7. The number of carboxylic acid groups (broad SMARTS) is 1. The van der Waals surface area contributed by atoms with Gasteiger partial charge in [0.2, 0.25) is 0 Å². The van der Waals surface area contributed by atoms with Crippen LogP contribution < -0.4 is 5.32 Å². The quantitative estimate of drug-likeness (QED) is 0.765. The summed E-state index contributed by atoms with van der Waals surface area (Å²) < 4.78 is 0. The van der Waals surface area contributed by atoms with Crippen molar-refractivity contribution >= 4 is 41.0 Å². The molecule has 7 nitrogen and oxygen atoms in total. The van der Waals surface area contributed by atoms with Crippen molar-refractivity contribution in [2.24, 2.45) is 0 Å². The van der Waals surface area contributed by atoms with Gasteiger partial charge in [0.1, 0.15) is 0 Å². The highest BCUT2D eigenvalue weighted by Gasteiger charge is 2.42. The molecule has 0 saturated heterocycles. The Hall–Kier alpha value is -3.19. The van der Waals surface area contributed by atoms with Crippen LogP contribution in [0.25, 0.3) is 0 Å². The minimum atomic E-state index is -1.22. The Morgan fingerprint density at radius 1 is 1.00 bits per heavy atom. The minimum absolute atomic E-state index is 0.0317. The van der Waals surface area contributed by atoms with Gasteiger partial charge >= 0.3 is 5.97 Å². The van der Waals surface area contributed by atoms with Gasteiger partial charge in [0.05, 0.1) is 22.4 Å². The first-order valence-corrected chi connectivity index (χ1v) is 8.75. The largest absolute Gasteiger partial charge is 0.478 e. The predicted octanol–water partition coefficient (Wildman–Crippen LogP) is 3.69. The minimum Gasteiger partial charge on any atom is -0.478 e. The number of aromatic carboxylic acids is 1. The van der Waals surface area contributed by atoms with Gasteiger partial charge in [-0.2, -0.15) is 0 Å². The van der Waals surface area contributed by atoms with Gasteiger partial charge in [0.25, 0.3) is 17.7 Å². The van der Waals surface area contributed by atoms with Gasteiger partial charge in [0.15, 0.2) is 0 Å². The fourth-order valence-corrected chi connectivity index (χ4v) is 3.16. The standard InChI is InChI=1S/C20H17ClN2O5/c1-20(2,3)23-17(25)12-6-4-10(8-14(12)18(23)26)16(24)22-15-9-11(21)5-7-13(15)19(27)28/h4-9H,1-3H3,(H,22,24)(H,27,28). The van der Waals surface area contributed by atoms with E-state index in [1.165, 1.54) is 36.4 Å². The number of carboxylic acids is 1. The molecule has 0 radical (unpaired) electrons. The van der Waals surface area contributed by atoms with Crippen LogP contribution in [0.15, 0.2) is 36.4 Å². The maximum Gasteiger partial charge on any atom is 0.337 e. The lowest BCUT2D eigenvalue weighted by atomic mass is 10.0. The molecule has 0 bridgehead atoms. The number of nitrogens with zero attached hydrogens (tertiary/aromatic N) is 1. The lowest BCUT2D eigenvalue weighted by Crippen LogP contribution is -2.45. The van der Waals surface area contributed by atoms with E-state index >= 15 is 0 Å². The highest BCUT2D eigenvalue weighted by Crippen LogP contribution is 2.30. The molecule has 2 aromatic rings. The van der Waals surface area contributed by atoms with E-state index in [1.807, 2.05) is 0 Å². The molecule has 3 amide bonds. The number of anilines is 1. The molecule has 0 atom stereocenters. The number of carbonyl (C=O) groups excluding carboxylic acids is 3. The van der Waals surface area contributed by atoms with Gasteiger partial charge < -0.3 is 10.4 Å². The molecular formula is C20H17ClN2O5. The number of benzene rings is 2. The second kappa shape index (κ2) is 6.76. The third-order valence-electron chi connectivity index (χ3n) is 4.28. The van der Waals surface area contributed by atoms with E-state index in [-0.39, 0.29) is 33.0 Å². The molecule has 1 aliphatic rings. The first-order chi connectivity index (χ1) is 13.0. The molecule has 144 valence electrons. The SMILES string of the molecule is CC(C)(C)N1C(=O)c2ccc(C(=O)Nc3cc(Cl)ccc3C(=O)O)cc2C1=O. The average molecular weight is 401 g/mol. The number of amides is 3. The molecule has 0 saturated carbocycles. The molecule has 8 heteroatoms. The summed E-state index contributed by atoms with van der Waals surface area (Å²) in [7, 11) is 0. The lowest BCUT2D eigenvalue weighted by Gasteiger charge is -2.29. The van der Waals surface area contributed by atoms with E-state index < -0.39 is 29.2 Å². The molecule has 0 spiro atoms. The van der Waals surface area contributed by atoms with E-state index in [2.05, 4.69) is 5.32 Å². The fourth-order valence-electron chi connectivity index (χ4n) is 2.99. The molecule has 2 N–H and O–H groups in total. The summed E-state index contributed by atoms with van der Waals surface area (Å²) in [5.74, 6) is -2.73. The summed E-state index contributed by atoms with van der Waals surface area (Å²) in [6.45, 7) is 5.23. The number of rotatable bonds is 3. The number of nitrogens with one attached hydrogen (secondary N) is 1. The van der Waals surface area contributed by atoms with Crippen LogP contribution in [-0.2, 0) is 0 Å². The number of imide groups is 1. The van der Waals surface area contributed by atoms with Crippen LogP contribution in [0.2, 0.25) is 5.02 Å². The Morgan fingerprint density at radius 3 is 2.25 bits per heavy atom. The van der Waals surface area contributed by atoms with Gasteiger partial charge in [-0.3, -0.25) is 19.3 Å². The monoisotopic (exact) mass is 400 g/mol. The Bertz CT molecular complexity index is 1040. The number of halogens is 1. The Labute approximate surface area is 165 Å². The molecule has 0 aliphatic carbocycles. The van der Waals surface area contributed by atoms with Gasteiger partial charge in [0, 0.05) is 16.1 Å². The van der Waals surface area contributed by atoms with Crippen LogP contribution in [-0.4, -0.2) is 39.2 Å². The van der Waals surface area contributed by atoms with Crippen LogP contribution in [0, 0.1) is 0 Å². The van der Waals surface area contributed by atoms with Crippen molar-refractivity contribution in [1.29, 1.82) is 0 Å². The topological polar surface area (TPSA) is 104 Å². The normalized spacial score (nSPS) is 13.5. The van der Waals surface area contributed by atoms with Crippen molar-refractivity contribution < 1.29 is 24.3 Å². The van der Waals surface area contributed by atoms with Gasteiger partial charge in [-0.15, -0.1) is 0 Å². The van der Waals surface area contributed by atoms with Crippen molar-refractivity contribution in [3.05, 3.63) is 63.7 Å². The molecule has 28 heavy (non-hydrogen) atoms. The molecule has 0 aromatic heterocycles. The number of hydrogen-bond donors (Lipinski definition) is 2. The van der Waals surface area contributed by atoms with Crippen LogP contribution in [0.3, 0.4) is 0 Å². The molecular weight excluding hydrogens is 384 g/mol. The highest BCUT2D eigenvalue weighted by molar-refractivity contribution is 6.31. The molecule has 1 heterocycles. The Morgan fingerprint density at radius 2 is 1.64 bits per heavy atom. The van der Waals surface area contributed by atoms with E-state index in [4.69, 9.17) is 11.6 Å². The van der Waals surface area contributed by atoms with Gasteiger partial charge in [-0.1, -0.05) is 11.6 Å². The maximum atomic E-state index is 12.7. The average Bonchev–Trinajstić information content (AvgIpc) is 2.85. The van der Waals surface area contributed by atoms with Crippen molar-refractivity contribution in [3.63, 3.8) is 0 Å². The predicted molar refractivity (Wildman–Crippen MR) is 103 cm³/mol. The second-order valence-electron chi connectivity index (χ2n) is 7.33. The molecule has 0 unspecified atom stereocenters. The van der Waals surface area contributed by atoms with Crippen molar-refractivity contribution in [1.82, 2.24) is 4.90 Å². The zero-order valence-electron chi connectivity index (χ0n) is 15.4. The number of fused-ring (bicyclic) bond motifs is 1. The van der Waals surface area contributed by atoms with Gasteiger partial charge in [-0.25, -0.2) is 4.79 Å². The van der Waals surface area contributed by atoms with E-state index in [0.717, 1.165) is 4.90 Å². The summed E-state index contributed by atoms with van der Waals surface area (Å²) in [4.78, 5) is 50.3. The molecule has 1 aliphatic heterocycles. The zero-order valence-corrected chi connectivity index (χ0v) is 16.1. The highest BCUT2D eigenvalue weighted by atomic mass is 35.5. The summed E-state index contributed by atoms with van der Waals surface area (Å²) in [6.07, 6.45) is 0. The van der Waals surface area contributed by atoms with E-state index in [0.29, 0.717) is 0 Å². The van der Waals surface area contributed by atoms with Crippen molar-refractivity contribution in [2.45, 2.75) is 26.3 Å². The van der Waals surface area contributed by atoms with E-state index in [1.54, 1.807) is 20.8 Å². The smallest absolute Gasteiger partial charge is 0.337 e. The summed E-state index contributed by atoms with van der Waals surface area (Å²) >= 11 is 5.89. The second-order valence-corrected chi connectivity index (χ2v) is 7.76. The first kappa shape index (κ1) is 19.6. The Balaban J connectivity index is 1.94. The molecule has 0 fully saturated rings. The van der Waals surface area contributed by atoms with E-state index in [9.17, 15) is 24.3 Å². The van der Waals surface area contributed by atoms with Crippen molar-refractivity contribution in [3.8, 4) is 0 Å². The van der Waals surface area contributed by atoms with Crippen LogP contribution in [0.5, 0.6) is 0 Å². The zero-order chi connectivity index (χ0) is 20.8. The lowest BCUT2D eigenvalue weighted by molar-refractivity contribution is 0.0506. The third kappa shape index (κ3) is 3.36. The third-order valence-corrected chi connectivity index (χ3v) is 4.51. The first-order valence-electron chi connectivity index (χ1n) is 8.38. The summed E-state index contributed by atoms with van der Waals surface area (Å²) in [5, 5.41) is 12.0. The molecule has 2 aromatic carbocycles.